The van der Waals surface area contributed by atoms with Crippen LogP contribution in [-0.2, 0) is 11.2 Å². The van der Waals surface area contributed by atoms with Crippen LogP contribution in [-0.4, -0.2) is 32.2 Å². The lowest BCUT2D eigenvalue weighted by Crippen LogP contribution is -2.15. The Labute approximate surface area is 209 Å². The largest absolute Gasteiger partial charge is 0.325 e. The Balaban J connectivity index is 1.40. The fourth-order valence-corrected chi connectivity index (χ4v) is 5.93. The summed E-state index contributed by atoms with van der Waals surface area (Å²) >= 11 is 11.2. The maximum Gasteiger partial charge on any atom is 0.228 e. The molecule has 1 aliphatic carbocycles. The van der Waals surface area contributed by atoms with Crippen LogP contribution >= 0.6 is 39.3 Å². The number of Topliss-reactive ketones (excluding diaryl/α,β-unsaturated/α-hetero) is 1. The lowest BCUT2D eigenvalue weighted by molar-refractivity contribution is -0.115. The number of benzene rings is 2. The van der Waals surface area contributed by atoms with E-state index < -0.39 is 0 Å². The molecule has 1 N–H and O–H groups in total. The molecule has 0 atom stereocenters. The van der Waals surface area contributed by atoms with E-state index in [4.69, 9.17) is 11.6 Å². The molecule has 0 spiro atoms. The number of nitrogens with zero attached hydrogens (tertiary/aromatic N) is 3. The summed E-state index contributed by atoms with van der Waals surface area (Å²) in [6.07, 6.45) is 6.06. The first-order valence-electron chi connectivity index (χ1n) is 11.0. The van der Waals surface area contributed by atoms with E-state index in [2.05, 4.69) is 36.0 Å². The SMILES string of the molecule is O=C1Cc2cc(C(=O)CSc3nnc(-c4ccc(Br)cc4)n3C3CCCCC3)c(Cl)cc2N1. The highest BCUT2D eigenvalue weighted by molar-refractivity contribution is 9.10. The zero-order valence-electron chi connectivity index (χ0n) is 17.8. The number of aromatic nitrogens is 3. The van der Waals surface area contributed by atoms with Gasteiger partial charge in [0.05, 0.1) is 17.2 Å². The molecule has 1 fully saturated rings. The van der Waals surface area contributed by atoms with Gasteiger partial charge in [-0.1, -0.05) is 70.7 Å². The maximum absolute atomic E-state index is 13.0. The van der Waals surface area contributed by atoms with Gasteiger partial charge in [0.25, 0.3) is 0 Å². The van der Waals surface area contributed by atoms with Gasteiger partial charge in [-0.15, -0.1) is 10.2 Å². The van der Waals surface area contributed by atoms with Gasteiger partial charge in [0.1, 0.15) is 0 Å². The number of anilines is 1. The first kappa shape index (κ1) is 22.6. The van der Waals surface area contributed by atoms with Gasteiger partial charge in [-0.3, -0.25) is 14.2 Å². The minimum atomic E-state index is -0.0875. The van der Waals surface area contributed by atoms with Crippen LogP contribution in [0.25, 0.3) is 11.4 Å². The zero-order valence-corrected chi connectivity index (χ0v) is 21.0. The molecule has 1 saturated carbocycles. The molecule has 0 unspecified atom stereocenters. The molecule has 2 aromatic carbocycles. The zero-order chi connectivity index (χ0) is 22.9. The molecule has 6 nitrogen and oxygen atoms in total. The number of hydrogen-bond acceptors (Lipinski definition) is 5. The van der Waals surface area contributed by atoms with E-state index in [0.717, 1.165) is 39.4 Å². The molecule has 9 heteroatoms. The maximum atomic E-state index is 13.0. The topological polar surface area (TPSA) is 76.9 Å². The molecule has 5 rings (SSSR count). The van der Waals surface area contributed by atoms with Gasteiger partial charge in [0.15, 0.2) is 16.8 Å². The van der Waals surface area contributed by atoms with Crippen molar-refractivity contribution in [3.05, 3.63) is 57.0 Å². The molecule has 2 heterocycles. The summed E-state index contributed by atoms with van der Waals surface area (Å²) in [7, 11) is 0. The van der Waals surface area contributed by atoms with Crippen molar-refractivity contribution in [1.82, 2.24) is 14.8 Å². The van der Waals surface area contributed by atoms with E-state index in [1.807, 2.05) is 24.3 Å². The van der Waals surface area contributed by atoms with Crippen molar-refractivity contribution in [3.8, 4) is 11.4 Å². The second-order valence-corrected chi connectivity index (χ2v) is 10.7. The first-order valence-corrected chi connectivity index (χ1v) is 13.1. The summed E-state index contributed by atoms with van der Waals surface area (Å²) in [5, 5.41) is 12.8. The Kier molecular flexibility index (Phi) is 6.58. The second-order valence-electron chi connectivity index (χ2n) is 8.40. The number of thioether (sulfide) groups is 1. The van der Waals surface area contributed by atoms with E-state index in [9.17, 15) is 9.59 Å². The molecule has 33 heavy (non-hydrogen) atoms. The van der Waals surface area contributed by atoms with Gasteiger partial charge in [-0.25, -0.2) is 0 Å². The number of fused-ring (bicyclic) bond motifs is 1. The highest BCUT2D eigenvalue weighted by Gasteiger charge is 2.26. The van der Waals surface area contributed by atoms with Crippen LogP contribution in [0.1, 0.15) is 54.1 Å². The molecule has 0 saturated heterocycles. The number of hydrogen-bond donors (Lipinski definition) is 1. The van der Waals surface area contributed by atoms with Crippen LogP contribution in [0.5, 0.6) is 0 Å². The van der Waals surface area contributed by atoms with Gasteiger partial charge in [0.2, 0.25) is 5.91 Å². The van der Waals surface area contributed by atoms with Gasteiger partial charge < -0.3 is 5.32 Å². The van der Waals surface area contributed by atoms with E-state index in [1.54, 1.807) is 12.1 Å². The van der Waals surface area contributed by atoms with E-state index in [0.29, 0.717) is 22.3 Å². The lowest BCUT2D eigenvalue weighted by Gasteiger charge is -2.25. The fourth-order valence-electron chi connectivity index (χ4n) is 4.51. The Morgan fingerprint density at radius 3 is 2.67 bits per heavy atom. The number of nitrogens with one attached hydrogen (secondary N) is 1. The molecule has 1 aliphatic heterocycles. The van der Waals surface area contributed by atoms with Crippen LogP contribution in [0.4, 0.5) is 5.69 Å². The Bertz CT molecular complexity index is 1220. The van der Waals surface area contributed by atoms with Crippen molar-refractivity contribution < 1.29 is 9.59 Å². The second kappa shape index (κ2) is 9.60. The third kappa shape index (κ3) is 4.74. The Morgan fingerprint density at radius 2 is 1.91 bits per heavy atom. The highest BCUT2D eigenvalue weighted by atomic mass is 79.9. The first-order chi connectivity index (χ1) is 16.0. The van der Waals surface area contributed by atoms with Crippen LogP contribution < -0.4 is 5.32 Å². The Hall–Kier alpha value is -2.16. The van der Waals surface area contributed by atoms with Crippen molar-refractivity contribution in [2.24, 2.45) is 0 Å². The van der Waals surface area contributed by atoms with Gasteiger partial charge in [-0.2, -0.15) is 0 Å². The Morgan fingerprint density at radius 1 is 1.15 bits per heavy atom. The summed E-state index contributed by atoms with van der Waals surface area (Å²) in [6, 6.07) is 11.8. The molecule has 1 amide bonds. The number of carbonyl (C=O) groups is 2. The molecular weight excluding hydrogens is 524 g/mol. The predicted octanol–water partition coefficient (Wildman–Crippen LogP) is 6.34. The van der Waals surface area contributed by atoms with Crippen molar-refractivity contribution >= 4 is 56.7 Å². The molecule has 1 aromatic heterocycles. The highest BCUT2D eigenvalue weighted by Crippen LogP contribution is 2.36. The third-order valence-electron chi connectivity index (χ3n) is 6.16. The number of amides is 1. The number of carbonyl (C=O) groups excluding carboxylic acids is 2. The summed E-state index contributed by atoms with van der Waals surface area (Å²) in [5.41, 5.74) is 2.94. The van der Waals surface area contributed by atoms with Crippen LogP contribution in [0.15, 0.2) is 46.0 Å². The van der Waals surface area contributed by atoms with Gasteiger partial charge in [0, 0.05) is 27.3 Å². The minimum absolute atomic E-state index is 0.0823. The predicted molar refractivity (Wildman–Crippen MR) is 134 cm³/mol. The summed E-state index contributed by atoms with van der Waals surface area (Å²) < 4.78 is 3.23. The standard InChI is InChI=1S/C24H22BrClN4O2S/c25-16-8-6-14(7-9-16)23-28-29-24(30(23)17-4-2-1-3-5-17)33-13-21(31)18-10-15-11-22(32)27-20(15)12-19(18)26/h6-10,12,17H,1-5,11,13H2,(H,27,32). The summed E-state index contributed by atoms with van der Waals surface area (Å²) in [5.74, 6) is 0.867. The summed E-state index contributed by atoms with van der Waals surface area (Å²) in [4.78, 5) is 24.7. The average molecular weight is 546 g/mol. The van der Waals surface area contributed by atoms with Crippen LogP contribution in [0, 0.1) is 0 Å². The third-order valence-corrected chi connectivity index (χ3v) is 7.94. The van der Waals surface area contributed by atoms with Crippen LogP contribution in [0.3, 0.4) is 0 Å². The molecule has 0 radical (unpaired) electrons. The van der Waals surface area contributed by atoms with Gasteiger partial charge in [-0.05, 0) is 42.7 Å². The molecular formula is C24H22BrClN4O2S. The number of halogens is 2. The fraction of sp³-hybridized carbons (Fsp3) is 0.333. The average Bonchev–Trinajstić information content (AvgIpc) is 3.40. The van der Waals surface area contributed by atoms with Crippen LogP contribution in [0.2, 0.25) is 5.02 Å². The van der Waals surface area contributed by atoms with E-state index >= 15 is 0 Å². The molecule has 2 aliphatic rings. The summed E-state index contributed by atoms with van der Waals surface area (Å²) in [6.45, 7) is 0. The molecule has 170 valence electrons. The van der Waals surface area contributed by atoms with E-state index in [-0.39, 0.29) is 23.9 Å². The lowest BCUT2D eigenvalue weighted by atomic mass is 9.95. The number of rotatable bonds is 6. The minimum Gasteiger partial charge on any atom is -0.325 e. The van der Waals surface area contributed by atoms with Crippen molar-refractivity contribution in [2.45, 2.75) is 49.7 Å². The van der Waals surface area contributed by atoms with Crippen molar-refractivity contribution in [3.63, 3.8) is 0 Å². The van der Waals surface area contributed by atoms with Crippen molar-refractivity contribution in [1.29, 1.82) is 0 Å². The normalized spacial score (nSPS) is 16.0. The molecule has 0 bridgehead atoms. The van der Waals surface area contributed by atoms with Crippen molar-refractivity contribution in [2.75, 3.05) is 11.1 Å². The van der Waals surface area contributed by atoms with Gasteiger partial charge >= 0.3 is 0 Å². The smallest absolute Gasteiger partial charge is 0.228 e. The molecule has 3 aromatic rings. The van der Waals surface area contributed by atoms with E-state index in [1.165, 1.54) is 31.0 Å². The quantitative estimate of drug-likeness (QED) is 0.289. The number of ketones is 1. The monoisotopic (exact) mass is 544 g/mol.